The van der Waals surface area contributed by atoms with Crippen molar-refractivity contribution in [3.8, 4) is 17.4 Å². The van der Waals surface area contributed by atoms with Crippen molar-refractivity contribution in [2.24, 2.45) is 0 Å². The molecule has 3 heterocycles. The van der Waals surface area contributed by atoms with Crippen LogP contribution in [0.15, 0.2) is 94.9 Å². The van der Waals surface area contributed by atoms with E-state index in [1.165, 1.54) is 12.4 Å². The molecule has 0 atom stereocenters. The first-order chi connectivity index (χ1) is 15.7. The van der Waals surface area contributed by atoms with Gasteiger partial charge in [0.15, 0.2) is 11.2 Å². The van der Waals surface area contributed by atoms with E-state index in [4.69, 9.17) is 9.15 Å². The zero-order chi connectivity index (χ0) is 21.9. The molecule has 0 unspecified atom stereocenters. The molecule has 0 fully saturated rings. The van der Waals surface area contributed by atoms with E-state index in [0.717, 1.165) is 0 Å². The number of rotatable bonds is 5. The number of imidazole rings is 1. The highest BCUT2D eigenvalue weighted by atomic mass is 16.5. The minimum absolute atomic E-state index is 0.0676. The van der Waals surface area contributed by atoms with Gasteiger partial charge >= 0.3 is 0 Å². The molecule has 32 heavy (non-hydrogen) atoms. The second-order valence-electron chi connectivity index (χ2n) is 6.74. The summed E-state index contributed by atoms with van der Waals surface area (Å²) in [6.07, 6.45) is 6.44. The highest BCUT2D eigenvalue weighted by Gasteiger charge is 2.13. The zero-order valence-corrected chi connectivity index (χ0v) is 16.5. The van der Waals surface area contributed by atoms with Gasteiger partial charge in [-0.25, -0.2) is 15.0 Å². The molecule has 5 rings (SSSR count). The lowest BCUT2D eigenvalue weighted by Gasteiger charge is -2.08. The molecule has 156 valence electrons. The highest BCUT2D eigenvalue weighted by Crippen LogP contribution is 2.23. The van der Waals surface area contributed by atoms with Crippen LogP contribution in [0, 0.1) is 0 Å². The number of aromatic nitrogens is 4. The Hall–Kier alpha value is -4.79. The number of hydrogen-bond donors (Lipinski definition) is 1. The number of nitrogens with one attached hydrogen (secondary N) is 1. The van der Waals surface area contributed by atoms with Crippen LogP contribution in [0.1, 0.15) is 10.6 Å². The van der Waals surface area contributed by atoms with E-state index in [0.29, 0.717) is 34.1 Å². The largest absolute Gasteiger partial charge is 0.451 e. The lowest BCUT2D eigenvalue weighted by molar-refractivity contribution is 0.0997. The number of carbonyl (C=O) groups is 1. The van der Waals surface area contributed by atoms with Gasteiger partial charge in [0.1, 0.15) is 29.8 Å². The van der Waals surface area contributed by atoms with Crippen LogP contribution in [0.4, 0.5) is 5.69 Å². The molecule has 9 heteroatoms. The van der Waals surface area contributed by atoms with Gasteiger partial charge in [0.2, 0.25) is 5.88 Å². The van der Waals surface area contributed by atoms with Gasteiger partial charge in [-0.15, -0.1) is 0 Å². The summed E-state index contributed by atoms with van der Waals surface area (Å²) in [5.41, 5.74) is 0.592. The number of amides is 1. The monoisotopic (exact) mass is 425 g/mol. The number of benzene rings is 2. The van der Waals surface area contributed by atoms with Crippen molar-refractivity contribution in [2.45, 2.75) is 0 Å². The SMILES string of the molecule is O=C(Nc1ccc(Oc2cc(-n3ccnc3)ncn2)cc1)c1cc(=O)c2ccccc2o1. The van der Waals surface area contributed by atoms with E-state index < -0.39 is 5.91 Å². The number of nitrogens with zero attached hydrogens (tertiary/aromatic N) is 4. The van der Waals surface area contributed by atoms with E-state index in [1.807, 2.05) is 0 Å². The van der Waals surface area contributed by atoms with Crippen LogP contribution in [0.2, 0.25) is 0 Å². The molecule has 1 amide bonds. The maximum absolute atomic E-state index is 12.5. The van der Waals surface area contributed by atoms with E-state index in [9.17, 15) is 9.59 Å². The lowest BCUT2D eigenvalue weighted by Crippen LogP contribution is -2.14. The summed E-state index contributed by atoms with van der Waals surface area (Å²) in [6, 6.07) is 16.3. The third kappa shape index (κ3) is 3.94. The van der Waals surface area contributed by atoms with Crippen LogP contribution in [-0.2, 0) is 0 Å². The minimum Gasteiger partial charge on any atom is -0.451 e. The molecule has 3 aromatic heterocycles. The number of para-hydroxylation sites is 1. The minimum atomic E-state index is -0.526. The quantitative estimate of drug-likeness (QED) is 0.456. The summed E-state index contributed by atoms with van der Waals surface area (Å²) in [4.78, 5) is 37.0. The normalized spacial score (nSPS) is 10.8. The van der Waals surface area contributed by atoms with Crippen molar-refractivity contribution in [3.05, 3.63) is 102 Å². The lowest BCUT2D eigenvalue weighted by atomic mass is 10.2. The summed E-state index contributed by atoms with van der Waals surface area (Å²) in [5.74, 6) is 0.909. The van der Waals surface area contributed by atoms with Gasteiger partial charge in [-0.3, -0.25) is 14.2 Å². The van der Waals surface area contributed by atoms with Crippen LogP contribution >= 0.6 is 0 Å². The highest BCUT2D eigenvalue weighted by molar-refractivity contribution is 6.03. The molecule has 0 saturated heterocycles. The van der Waals surface area contributed by atoms with Gasteiger partial charge < -0.3 is 14.5 Å². The van der Waals surface area contributed by atoms with E-state index in [-0.39, 0.29) is 11.2 Å². The van der Waals surface area contributed by atoms with Crippen LogP contribution < -0.4 is 15.5 Å². The first kappa shape index (κ1) is 19.2. The molecule has 2 aromatic carbocycles. The van der Waals surface area contributed by atoms with Crippen LogP contribution in [0.5, 0.6) is 11.6 Å². The van der Waals surface area contributed by atoms with E-state index in [2.05, 4.69) is 20.3 Å². The predicted molar refractivity (Wildman–Crippen MR) is 116 cm³/mol. The topological polar surface area (TPSA) is 112 Å². The first-order valence-electron chi connectivity index (χ1n) is 9.58. The summed E-state index contributed by atoms with van der Waals surface area (Å²) < 4.78 is 13.1. The van der Waals surface area contributed by atoms with Crippen molar-refractivity contribution in [1.82, 2.24) is 19.5 Å². The average Bonchev–Trinajstić information content (AvgIpc) is 3.36. The summed E-state index contributed by atoms with van der Waals surface area (Å²) >= 11 is 0. The number of fused-ring (bicyclic) bond motifs is 1. The molecule has 0 aliphatic carbocycles. The number of anilines is 1. The van der Waals surface area contributed by atoms with Crippen molar-refractivity contribution >= 4 is 22.6 Å². The van der Waals surface area contributed by atoms with Crippen LogP contribution in [-0.4, -0.2) is 25.4 Å². The second kappa shape index (κ2) is 8.15. The molecular weight excluding hydrogens is 410 g/mol. The Bertz CT molecular complexity index is 1460. The average molecular weight is 425 g/mol. The Labute approximate surface area is 181 Å². The molecule has 0 spiro atoms. The molecular formula is C23H15N5O4. The zero-order valence-electron chi connectivity index (χ0n) is 16.5. The van der Waals surface area contributed by atoms with Gasteiger partial charge in [-0.1, -0.05) is 12.1 Å². The molecule has 0 aliphatic rings. The Morgan fingerprint density at radius 1 is 1.03 bits per heavy atom. The summed E-state index contributed by atoms with van der Waals surface area (Å²) in [6.45, 7) is 0. The third-order valence-electron chi connectivity index (χ3n) is 4.59. The van der Waals surface area contributed by atoms with Crippen molar-refractivity contribution in [2.75, 3.05) is 5.32 Å². The molecule has 1 N–H and O–H groups in total. The maximum Gasteiger partial charge on any atom is 0.291 e. The fraction of sp³-hybridized carbons (Fsp3) is 0. The first-order valence-corrected chi connectivity index (χ1v) is 9.58. The third-order valence-corrected chi connectivity index (χ3v) is 4.59. The van der Waals surface area contributed by atoms with Crippen molar-refractivity contribution in [3.63, 3.8) is 0 Å². The van der Waals surface area contributed by atoms with Gasteiger partial charge in [0.05, 0.1) is 5.39 Å². The second-order valence-corrected chi connectivity index (χ2v) is 6.74. The Morgan fingerprint density at radius 3 is 2.69 bits per heavy atom. The Morgan fingerprint density at radius 2 is 1.88 bits per heavy atom. The van der Waals surface area contributed by atoms with E-state index in [1.54, 1.807) is 77.9 Å². The predicted octanol–water partition coefficient (Wildman–Crippen LogP) is 3.81. The molecule has 0 aliphatic heterocycles. The van der Waals surface area contributed by atoms with Gasteiger partial charge in [-0.05, 0) is 36.4 Å². The molecule has 5 aromatic rings. The van der Waals surface area contributed by atoms with Crippen LogP contribution in [0.3, 0.4) is 0 Å². The van der Waals surface area contributed by atoms with Crippen molar-refractivity contribution in [1.29, 1.82) is 0 Å². The Balaban J connectivity index is 1.30. The molecule has 0 bridgehead atoms. The fourth-order valence-corrected chi connectivity index (χ4v) is 3.06. The maximum atomic E-state index is 12.5. The number of ether oxygens (including phenoxy) is 1. The standard InChI is InChI=1S/C23H15N5O4/c29-18-11-20(32-19-4-2-1-3-17(18)19)23(30)27-15-5-7-16(8-6-15)31-22-12-21(25-13-26-22)28-10-9-24-14-28/h1-14H,(H,27,30). The van der Waals surface area contributed by atoms with Crippen LogP contribution in [0.25, 0.3) is 16.8 Å². The van der Waals surface area contributed by atoms with Gasteiger partial charge in [-0.2, -0.15) is 0 Å². The number of carbonyl (C=O) groups excluding carboxylic acids is 1. The molecule has 9 nitrogen and oxygen atoms in total. The van der Waals surface area contributed by atoms with E-state index >= 15 is 0 Å². The molecule has 0 radical (unpaired) electrons. The van der Waals surface area contributed by atoms with Gasteiger partial charge in [0, 0.05) is 30.2 Å². The summed E-state index contributed by atoms with van der Waals surface area (Å²) in [7, 11) is 0. The fourth-order valence-electron chi connectivity index (χ4n) is 3.06. The summed E-state index contributed by atoms with van der Waals surface area (Å²) in [5, 5.41) is 3.13. The Kier molecular flexibility index (Phi) is 4.89. The van der Waals surface area contributed by atoms with Gasteiger partial charge in [0.25, 0.3) is 5.91 Å². The molecule has 0 saturated carbocycles. The number of hydrogen-bond acceptors (Lipinski definition) is 7. The smallest absolute Gasteiger partial charge is 0.291 e. The van der Waals surface area contributed by atoms with Crippen molar-refractivity contribution < 1.29 is 13.9 Å².